The monoisotopic (exact) mass is 302 g/mol. The van der Waals surface area contributed by atoms with E-state index < -0.39 is 0 Å². The molecule has 0 atom stereocenters. The average Bonchev–Trinajstić information content (AvgIpc) is 2.30. The van der Waals surface area contributed by atoms with Crippen LogP contribution < -0.4 is 4.74 Å². The van der Waals surface area contributed by atoms with E-state index in [0.29, 0.717) is 26.4 Å². The molecule has 17 heavy (non-hydrogen) atoms. The molecule has 96 valence electrons. The molecule has 0 aliphatic carbocycles. The smallest absolute Gasteiger partial charge is 0.133 e. The second-order valence-electron chi connectivity index (χ2n) is 3.74. The van der Waals surface area contributed by atoms with E-state index >= 15 is 0 Å². The lowest BCUT2D eigenvalue weighted by molar-refractivity contribution is 0.0644. The van der Waals surface area contributed by atoms with E-state index in [0.717, 1.165) is 16.6 Å². The van der Waals surface area contributed by atoms with E-state index in [1.54, 1.807) is 7.11 Å². The molecule has 1 rings (SSSR count). The summed E-state index contributed by atoms with van der Waals surface area (Å²) in [6.07, 6.45) is 0.879. The number of methoxy groups -OCH3 is 1. The van der Waals surface area contributed by atoms with Gasteiger partial charge in [0, 0.05) is 20.1 Å². The number of hydrogen-bond donors (Lipinski definition) is 0. The predicted molar refractivity (Wildman–Crippen MR) is 71.7 cm³/mol. The molecule has 0 saturated carbocycles. The average molecular weight is 303 g/mol. The van der Waals surface area contributed by atoms with Crippen LogP contribution in [0.2, 0.25) is 0 Å². The van der Waals surface area contributed by atoms with Gasteiger partial charge in [-0.3, -0.25) is 0 Å². The number of halogens is 1. The van der Waals surface area contributed by atoms with Crippen LogP contribution in [0.5, 0.6) is 5.75 Å². The fourth-order valence-electron chi connectivity index (χ4n) is 1.31. The van der Waals surface area contributed by atoms with Crippen LogP contribution >= 0.6 is 15.9 Å². The first-order valence-electron chi connectivity index (χ1n) is 5.69. The highest BCUT2D eigenvalue weighted by Crippen LogP contribution is 2.25. The first-order chi connectivity index (χ1) is 8.24. The largest absolute Gasteiger partial charge is 0.492 e. The molecule has 3 nitrogen and oxygen atoms in total. The highest BCUT2D eigenvalue weighted by atomic mass is 79.9. The Balaban J connectivity index is 2.14. The van der Waals surface area contributed by atoms with Crippen molar-refractivity contribution in [1.29, 1.82) is 0 Å². The lowest BCUT2D eigenvalue weighted by Crippen LogP contribution is -2.06. The lowest BCUT2D eigenvalue weighted by Gasteiger charge is -2.09. The van der Waals surface area contributed by atoms with Crippen molar-refractivity contribution in [3.63, 3.8) is 0 Å². The zero-order valence-electron chi connectivity index (χ0n) is 10.4. The molecule has 1 aromatic rings. The van der Waals surface area contributed by atoms with Gasteiger partial charge in [0.15, 0.2) is 0 Å². The molecule has 0 fully saturated rings. The third-order valence-electron chi connectivity index (χ3n) is 2.21. The Bertz CT molecular complexity index is 328. The van der Waals surface area contributed by atoms with Gasteiger partial charge in [0.2, 0.25) is 0 Å². The Hall–Kier alpha value is -0.580. The summed E-state index contributed by atoms with van der Waals surface area (Å²) >= 11 is 3.48. The first kappa shape index (κ1) is 14.5. The zero-order chi connectivity index (χ0) is 12.5. The Labute approximate surface area is 111 Å². The molecule has 0 aliphatic heterocycles. The maximum Gasteiger partial charge on any atom is 0.133 e. The Morgan fingerprint density at radius 1 is 1.12 bits per heavy atom. The van der Waals surface area contributed by atoms with E-state index in [4.69, 9.17) is 14.2 Å². The van der Waals surface area contributed by atoms with Crippen molar-refractivity contribution in [2.45, 2.75) is 13.3 Å². The van der Waals surface area contributed by atoms with Gasteiger partial charge in [-0.15, -0.1) is 0 Å². The highest BCUT2D eigenvalue weighted by Gasteiger charge is 2.00. The molecule has 4 heteroatoms. The van der Waals surface area contributed by atoms with Gasteiger partial charge >= 0.3 is 0 Å². The minimum Gasteiger partial charge on any atom is -0.492 e. The number of benzene rings is 1. The first-order valence-corrected chi connectivity index (χ1v) is 6.49. The fourth-order valence-corrected chi connectivity index (χ4v) is 1.92. The number of aryl methyl sites for hydroxylation is 1. The van der Waals surface area contributed by atoms with Gasteiger partial charge in [0.05, 0.1) is 24.3 Å². The second kappa shape index (κ2) is 8.50. The van der Waals surface area contributed by atoms with Crippen LogP contribution in [0.15, 0.2) is 22.7 Å². The summed E-state index contributed by atoms with van der Waals surface area (Å²) in [5, 5.41) is 0. The van der Waals surface area contributed by atoms with E-state index in [-0.39, 0.29) is 0 Å². The summed E-state index contributed by atoms with van der Waals surface area (Å²) in [5.41, 5.74) is 1.21. The van der Waals surface area contributed by atoms with E-state index in [1.165, 1.54) is 5.56 Å². The predicted octanol–water partition coefficient (Wildman–Crippen LogP) is 3.19. The summed E-state index contributed by atoms with van der Waals surface area (Å²) in [5.74, 6) is 0.882. The van der Waals surface area contributed by atoms with Gasteiger partial charge in [-0.25, -0.2) is 0 Å². The normalized spacial score (nSPS) is 10.5. The maximum absolute atomic E-state index is 5.64. The van der Waals surface area contributed by atoms with Crippen LogP contribution in [-0.4, -0.2) is 33.5 Å². The summed E-state index contributed by atoms with van der Waals surface area (Å²) in [6.45, 7) is 4.70. The van der Waals surface area contributed by atoms with Crippen molar-refractivity contribution >= 4 is 15.9 Å². The standard InChI is InChI=1S/C13H19BrO3/c1-11-4-5-13(12(14)10-11)17-7-3-6-16-9-8-15-2/h4-5,10H,3,6-9H2,1-2H3. The van der Waals surface area contributed by atoms with Crippen molar-refractivity contribution in [1.82, 2.24) is 0 Å². The van der Waals surface area contributed by atoms with Crippen molar-refractivity contribution in [2.24, 2.45) is 0 Å². The minimum atomic E-state index is 0.643. The van der Waals surface area contributed by atoms with Gasteiger partial charge in [0.1, 0.15) is 5.75 Å². The molecule has 0 amide bonds. The molecule has 1 aromatic carbocycles. The summed E-state index contributed by atoms with van der Waals surface area (Å²) in [7, 11) is 1.67. The van der Waals surface area contributed by atoms with Crippen molar-refractivity contribution < 1.29 is 14.2 Å². The molecule has 0 unspecified atom stereocenters. The maximum atomic E-state index is 5.64. The van der Waals surface area contributed by atoms with Gasteiger partial charge in [0.25, 0.3) is 0 Å². The number of hydrogen-bond acceptors (Lipinski definition) is 3. The van der Waals surface area contributed by atoms with Crippen LogP contribution in [-0.2, 0) is 9.47 Å². The van der Waals surface area contributed by atoms with E-state index in [9.17, 15) is 0 Å². The molecule has 0 spiro atoms. The lowest BCUT2D eigenvalue weighted by atomic mass is 10.2. The van der Waals surface area contributed by atoms with Gasteiger partial charge in [-0.2, -0.15) is 0 Å². The van der Waals surface area contributed by atoms with Crippen molar-refractivity contribution in [3.05, 3.63) is 28.2 Å². The number of rotatable bonds is 8. The van der Waals surface area contributed by atoms with E-state index in [2.05, 4.69) is 22.9 Å². The molecule has 0 saturated heterocycles. The molecule has 0 aliphatic rings. The molecular weight excluding hydrogens is 284 g/mol. The summed E-state index contributed by atoms with van der Waals surface area (Å²) in [4.78, 5) is 0. The van der Waals surface area contributed by atoms with Gasteiger partial charge in [-0.1, -0.05) is 6.07 Å². The Morgan fingerprint density at radius 2 is 1.94 bits per heavy atom. The van der Waals surface area contributed by atoms with Crippen LogP contribution in [0.4, 0.5) is 0 Å². The Morgan fingerprint density at radius 3 is 2.65 bits per heavy atom. The van der Waals surface area contributed by atoms with Crippen LogP contribution in [0.3, 0.4) is 0 Å². The van der Waals surface area contributed by atoms with Crippen LogP contribution in [0.1, 0.15) is 12.0 Å². The van der Waals surface area contributed by atoms with Crippen LogP contribution in [0, 0.1) is 6.92 Å². The fraction of sp³-hybridized carbons (Fsp3) is 0.538. The summed E-state index contributed by atoms with van der Waals surface area (Å²) < 4.78 is 16.9. The van der Waals surface area contributed by atoms with E-state index in [1.807, 2.05) is 18.2 Å². The molecule has 0 bridgehead atoms. The quantitative estimate of drug-likeness (QED) is 0.690. The minimum absolute atomic E-state index is 0.643. The number of ether oxygens (including phenoxy) is 3. The second-order valence-corrected chi connectivity index (χ2v) is 4.60. The SMILES string of the molecule is COCCOCCCOc1ccc(C)cc1Br. The molecule has 0 N–H and O–H groups in total. The Kier molecular flexibility index (Phi) is 7.24. The molecule has 0 radical (unpaired) electrons. The third-order valence-corrected chi connectivity index (χ3v) is 2.83. The van der Waals surface area contributed by atoms with Crippen LogP contribution in [0.25, 0.3) is 0 Å². The molecular formula is C13H19BrO3. The highest BCUT2D eigenvalue weighted by molar-refractivity contribution is 9.10. The molecule has 0 heterocycles. The van der Waals surface area contributed by atoms with Gasteiger partial charge < -0.3 is 14.2 Å². The zero-order valence-corrected chi connectivity index (χ0v) is 12.0. The topological polar surface area (TPSA) is 27.7 Å². The van der Waals surface area contributed by atoms with Gasteiger partial charge in [-0.05, 0) is 40.5 Å². The van der Waals surface area contributed by atoms with Crippen molar-refractivity contribution in [3.8, 4) is 5.75 Å². The van der Waals surface area contributed by atoms with Crippen molar-refractivity contribution in [2.75, 3.05) is 33.5 Å². The third kappa shape index (κ3) is 6.05. The summed E-state index contributed by atoms with van der Waals surface area (Å²) in [6, 6.07) is 6.06. The molecule has 0 aromatic heterocycles.